The van der Waals surface area contributed by atoms with Crippen molar-refractivity contribution in [3.05, 3.63) is 69.8 Å². The van der Waals surface area contributed by atoms with Crippen molar-refractivity contribution in [2.24, 2.45) is 4.99 Å². The molecule has 0 saturated carbocycles. The van der Waals surface area contributed by atoms with Gasteiger partial charge < -0.3 is 5.32 Å². The third-order valence-corrected chi connectivity index (χ3v) is 3.98. The highest BCUT2D eigenvalue weighted by Crippen LogP contribution is 2.28. The van der Waals surface area contributed by atoms with Crippen molar-refractivity contribution >= 4 is 46.2 Å². The van der Waals surface area contributed by atoms with Crippen molar-refractivity contribution < 1.29 is 9.18 Å². The number of rotatable bonds is 2. The number of benzene rings is 2. The van der Waals surface area contributed by atoms with Crippen LogP contribution in [-0.2, 0) is 4.79 Å². The zero-order chi connectivity index (χ0) is 15.5. The highest BCUT2D eigenvalue weighted by molar-refractivity contribution is 8.18. The van der Waals surface area contributed by atoms with Crippen LogP contribution in [-0.4, -0.2) is 11.1 Å². The summed E-state index contributed by atoms with van der Waals surface area (Å²) >= 11 is 7.10. The maximum Gasteiger partial charge on any atom is 0.264 e. The standard InChI is InChI=1S/C16H10ClFN2OS/c17-11-4-2-6-13(9-11)19-16-20-15(21)14(22-16)8-10-3-1-5-12(18)7-10/h1-9H,(H,19,20,21)/b14-8-. The molecule has 3 rings (SSSR count). The van der Waals surface area contributed by atoms with Gasteiger partial charge >= 0.3 is 0 Å². The number of amides is 1. The second-order valence-electron chi connectivity index (χ2n) is 4.52. The average Bonchev–Trinajstić information content (AvgIpc) is 2.79. The Morgan fingerprint density at radius 1 is 1.18 bits per heavy atom. The van der Waals surface area contributed by atoms with Gasteiger partial charge in [-0.15, -0.1) is 0 Å². The number of nitrogens with one attached hydrogen (secondary N) is 1. The number of hydrogen-bond acceptors (Lipinski definition) is 3. The summed E-state index contributed by atoms with van der Waals surface area (Å²) < 4.78 is 13.2. The number of aliphatic imine (C=N–C) groups is 1. The number of nitrogens with zero attached hydrogens (tertiary/aromatic N) is 1. The van der Waals surface area contributed by atoms with Crippen LogP contribution in [0, 0.1) is 5.82 Å². The molecule has 0 unspecified atom stereocenters. The van der Waals surface area contributed by atoms with E-state index in [1.54, 1.807) is 42.5 Å². The molecule has 110 valence electrons. The first-order chi connectivity index (χ1) is 10.6. The van der Waals surface area contributed by atoms with Crippen LogP contribution in [0.4, 0.5) is 10.1 Å². The molecule has 0 aliphatic carbocycles. The number of amidine groups is 1. The van der Waals surface area contributed by atoms with Gasteiger partial charge in [-0.05, 0) is 53.7 Å². The van der Waals surface area contributed by atoms with E-state index in [4.69, 9.17) is 11.6 Å². The van der Waals surface area contributed by atoms with Crippen molar-refractivity contribution in [2.75, 3.05) is 0 Å². The van der Waals surface area contributed by atoms with Gasteiger partial charge in [0.15, 0.2) is 5.17 Å². The quantitative estimate of drug-likeness (QED) is 0.830. The number of halogens is 2. The first kappa shape index (κ1) is 14.8. The van der Waals surface area contributed by atoms with Crippen LogP contribution < -0.4 is 5.32 Å². The van der Waals surface area contributed by atoms with Crippen molar-refractivity contribution in [3.63, 3.8) is 0 Å². The van der Waals surface area contributed by atoms with E-state index in [-0.39, 0.29) is 11.7 Å². The third-order valence-electron chi connectivity index (χ3n) is 2.84. The largest absolute Gasteiger partial charge is 0.300 e. The molecule has 0 bridgehead atoms. The summed E-state index contributed by atoms with van der Waals surface area (Å²) in [6.45, 7) is 0. The number of hydrogen-bond donors (Lipinski definition) is 1. The van der Waals surface area contributed by atoms with Gasteiger partial charge in [0.05, 0.1) is 10.6 Å². The molecule has 1 amide bonds. The topological polar surface area (TPSA) is 41.5 Å². The van der Waals surface area contributed by atoms with Crippen LogP contribution in [0.1, 0.15) is 5.56 Å². The van der Waals surface area contributed by atoms with Gasteiger partial charge in [0.1, 0.15) is 5.82 Å². The van der Waals surface area contributed by atoms with Crippen LogP contribution in [0.15, 0.2) is 58.4 Å². The van der Waals surface area contributed by atoms with Crippen molar-refractivity contribution in [2.45, 2.75) is 0 Å². The van der Waals surface area contributed by atoms with Crippen LogP contribution in [0.25, 0.3) is 6.08 Å². The Balaban J connectivity index is 1.84. The normalized spacial score (nSPS) is 18.0. The van der Waals surface area contributed by atoms with Gasteiger partial charge in [0, 0.05) is 5.02 Å². The number of thioether (sulfide) groups is 1. The minimum atomic E-state index is -0.342. The van der Waals surface area contributed by atoms with Gasteiger partial charge in [0.25, 0.3) is 5.91 Å². The van der Waals surface area contributed by atoms with E-state index in [1.165, 1.54) is 23.9 Å². The fourth-order valence-corrected chi connectivity index (χ4v) is 2.92. The lowest BCUT2D eigenvalue weighted by molar-refractivity contribution is -0.115. The van der Waals surface area contributed by atoms with Crippen molar-refractivity contribution in [1.82, 2.24) is 5.32 Å². The second-order valence-corrected chi connectivity index (χ2v) is 5.98. The lowest BCUT2D eigenvalue weighted by Crippen LogP contribution is -2.19. The Morgan fingerprint density at radius 2 is 2.00 bits per heavy atom. The van der Waals surface area contributed by atoms with Gasteiger partial charge in [0.2, 0.25) is 0 Å². The first-order valence-electron chi connectivity index (χ1n) is 6.41. The van der Waals surface area contributed by atoms with E-state index in [2.05, 4.69) is 10.3 Å². The van der Waals surface area contributed by atoms with Crippen LogP contribution >= 0.6 is 23.4 Å². The highest BCUT2D eigenvalue weighted by Gasteiger charge is 2.23. The molecule has 1 N–H and O–H groups in total. The van der Waals surface area contributed by atoms with Crippen LogP contribution in [0.3, 0.4) is 0 Å². The van der Waals surface area contributed by atoms with Crippen LogP contribution in [0.5, 0.6) is 0 Å². The SMILES string of the molecule is O=C1NC(=Nc2cccc(Cl)c2)S/C1=C\c1cccc(F)c1. The van der Waals surface area contributed by atoms with Gasteiger partial charge in [-0.25, -0.2) is 9.38 Å². The Bertz CT molecular complexity index is 804. The zero-order valence-electron chi connectivity index (χ0n) is 11.2. The van der Waals surface area contributed by atoms with Gasteiger partial charge in [-0.2, -0.15) is 0 Å². The third kappa shape index (κ3) is 3.55. The molecule has 1 aliphatic rings. The monoisotopic (exact) mass is 332 g/mol. The molecular weight excluding hydrogens is 323 g/mol. The van der Waals surface area contributed by atoms with E-state index < -0.39 is 0 Å². The zero-order valence-corrected chi connectivity index (χ0v) is 12.8. The molecule has 1 fully saturated rings. The second kappa shape index (κ2) is 6.34. The fourth-order valence-electron chi connectivity index (χ4n) is 1.89. The number of carbonyl (C=O) groups excluding carboxylic acids is 1. The maximum atomic E-state index is 13.2. The van der Waals surface area contributed by atoms with E-state index in [0.29, 0.717) is 26.3 Å². The molecule has 0 atom stereocenters. The van der Waals surface area contributed by atoms with Crippen molar-refractivity contribution in [3.8, 4) is 0 Å². The molecule has 1 saturated heterocycles. The molecule has 6 heteroatoms. The summed E-state index contributed by atoms with van der Waals surface area (Å²) in [6, 6.07) is 13.1. The molecule has 0 aromatic heterocycles. The van der Waals surface area contributed by atoms with Crippen molar-refractivity contribution in [1.29, 1.82) is 0 Å². The molecule has 0 spiro atoms. The Hall–Kier alpha value is -2.11. The lowest BCUT2D eigenvalue weighted by atomic mass is 10.2. The van der Waals surface area contributed by atoms with E-state index >= 15 is 0 Å². The lowest BCUT2D eigenvalue weighted by Gasteiger charge is -1.96. The van der Waals surface area contributed by atoms with Gasteiger partial charge in [-0.3, -0.25) is 4.79 Å². The minimum absolute atomic E-state index is 0.255. The maximum absolute atomic E-state index is 13.2. The summed E-state index contributed by atoms with van der Waals surface area (Å²) in [6.07, 6.45) is 1.63. The summed E-state index contributed by atoms with van der Waals surface area (Å²) in [5.41, 5.74) is 1.28. The molecular formula is C16H10ClFN2OS. The average molecular weight is 333 g/mol. The smallest absolute Gasteiger partial charge is 0.264 e. The Morgan fingerprint density at radius 3 is 2.77 bits per heavy atom. The molecule has 3 nitrogen and oxygen atoms in total. The minimum Gasteiger partial charge on any atom is -0.300 e. The molecule has 2 aromatic rings. The fraction of sp³-hybridized carbons (Fsp3) is 0. The summed E-state index contributed by atoms with van der Waals surface area (Å²) in [7, 11) is 0. The molecule has 22 heavy (non-hydrogen) atoms. The van der Waals surface area contributed by atoms with E-state index in [0.717, 1.165) is 0 Å². The number of carbonyl (C=O) groups is 1. The predicted molar refractivity (Wildman–Crippen MR) is 88.7 cm³/mol. The summed E-state index contributed by atoms with van der Waals surface area (Å²) in [5.74, 6) is -0.597. The summed E-state index contributed by atoms with van der Waals surface area (Å²) in [4.78, 5) is 16.7. The molecule has 2 aromatic carbocycles. The Labute approximate surface area is 135 Å². The summed E-state index contributed by atoms with van der Waals surface area (Å²) in [5, 5.41) is 3.72. The first-order valence-corrected chi connectivity index (χ1v) is 7.60. The highest BCUT2D eigenvalue weighted by atomic mass is 35.5. The van der Waals surface area contributed by atoms with Crippen LogP contribution in [0.2, 0.25) is 5.02 Å². The predicted octanol–water partition coefficient (Wildman–Crippen LogP) is 4.37. The van der Waals surface area contributed by atoms with Gasteiger partial charge in [-0.1, -0.05) is 29.8 Å². The van der Waals surface area contributed by atoms with E-state index in [1.807, 2.05) is 0 Å². The molecule has 1 aliphatic heterocycles. The molecule has 0 radical (unpaired) electrons. The van der Waals surface area contributed by atoms with E-state index in [9.17, 15) is 9.18 Å². The molecule has 1 heterocycles. The Kier molecular flexibility index (Phi) is 4.27.